The van der Waals surface area contributed by atoms with Crippen LogP contribution in [0.4, 0.5) is 22.0 Å². The number of nitrogens with zero attached hydrogens (tertiary/aromatic N) is 4. The molecular formula is C20H19F5N4O5. The van der Waals surface area contributed by atoms with Crippen molar-refractivity contribution in [1.82, 2.24) is 20.2 Å². The van der Waals surface area contributed by atoms with Gasteiger partial charge in [0.05, 0.1) is 24.6 Å². The fraction of sp³-hybridized carbons (Fsp3) is 0.450. The number of halogens is 5. The highest BCUT2D eigenvalue weighted by atomic mass is 19.3. The zero-order valence-corrected chi connectivity index (χ0v) is 17.3. The summed E-state index contributed by atoms with van der Waals surface area (Å²) in [7, 11) is 0. The molecule has 3 heterocycles. The van der Waals surface area contributed by atoms with Crippen LogP contribution in [-0.2, 0) is 15.9 Å². The van der Waals surface area contributed by atoms with E-state index in [-0.39, 0.29) is 17.7 Å². The van der Waals surface area contributed by atoms with Gasteiger partial charge in [-0.15, -0.1) is 5.10 Å². The highest BCUT2D eigenvalue weighted by Gasteiger charge is 2.48. The zero-order valence-electron chi connectivity index (χ0n) is 17.3. The molecule has 5 atom stereocenters. The molecule has 1 saturated heterocycles. The van der Waals surface area contributed by atoms with Gasteiger partial charge < -0.3 is 24.2 Å². The lowest BCUT2D eigenvalue weighted by Crippen LogP contribution is -2.57. The first-order valence-electron chi connectivity index (χ1n) is 10.1. The van der Waals surface area contributed by atoms with E-state index in [9.17, 15) is 32.2 Å². The Labute approximate surface area is 188 Å². The molecule has 1 aliphatic heterocycles. The maximum Gasteiger partial charge on any atom is 0.261 e. The summed E-state index contributed by atoms with van der Waals surface area (Å²) in [6.07, 6.45) is -5.15. The smallest absolute Gasteiger partial charge is 0.261 e. The molecule has 14 heteroatoms. The molecule has 0 bridgehead atoms. The van der Waals surface area contributed by atoms with Crippen molar-refractivity contribution in [3.05, 3.63) is 53.8 Å². The molecule has 0 aliphatic carbocycles. The van der Waals surface area contributed by atoms with Crippen LogP contribution in [0.15, 0.2) is 35.2 Å². The van der Waals surface area contributed by atoms with Crippen LogP contribution >= 0.6 is 0 Å². The summed E-state index contributed by atoms with van der Waals surface area (Å²) < 4.78 is 83.5. The molecule has 1 aromatic carbocycles. The highest BCUT2D eigenvalue weighted by molar-refractivity contribution is 5.57. The number of ether oxygens (including phenoxy) is 2. The minimum Gasteiger partial charge on any atom is -0.394 e. The molecule has 2 N–H and O–H groups in total. The quantitative estimate of drug-likeness (QED) is 0.364. The lowest BCUT2D eigenvalue weighted by atomic mass is 9.90. The van der Waals surface area contributed by atoms with Gasteiger partial charge in [-0.25, -0.2) is 26.6 Å². The normalized spacial score (nSPS) is 25.2. The van der Waals surface area contributed by atoms with Crippen molar-refractivity contribution in [2.24, 2.45) is 0 Å². The van der Waals surface area contributed by atoms with E-state index in [0.717, 1.165) is 4.68 Å². The fourth-order valence-electron chi connectivity index (χ4n) is 3.84. The van der Waals surface area contributed by atoms with Crippen LogP contribution in [0.25, 0.3) is 11.3 Å². The largest absolute Gasteiger partial charge is 0.394 e. The van der Waals surface area contributed by atoms with Crippen LogP contribution in [0.5, 0.6) is 0 Å². The van der Waals surface area contributed by atoms with Crippen LogP contribution < -0.4 is 0 Å². The first kappa shape index (κ1) is 24.2. The summed E-state index contributed by atoms with van der Waals surface area (Å²) in [5, 5.41) is 31.9. The number of alkyl halides is 2. The summed E-state index contributed by atoms with van der Waals surface area (Å²) in [6.45, 7) is -1.61. The van der Waals surface area contributed by atoms with E-state index in [1.165, 1.54) is 18.5 Å². The molecule has 3 aromatic rings. The Hall–Kier alpha value is -2.94. The van der Waals surface area contributed by atoms with Crippen LogP contribution in [0.2, 0.25) is 0 Å². The van der Waals surface area contributed by atoms with E-state index in [1.807, 2.05) is 0 Å². The maximum absolute atomic E-state index is 13.7. The summed E-state index contributed by atoms with van der Waals surface area (Å²) in [5.41, 5.74) is 0.170. The SMILES string of the molecule is OC[C@H]1O[C@H](Cc2ccon2)[C@H](OCC(F)F)[C@@H](n2cc(-c3cc(F)c(F)c(F)c3)nn2)[C@H]1O. The van der Waals surface area contributed by atoms with Gasteiger partial charge in [0.25, 0.3) is 6.43 Å². The second-order valence-corrected chi connectivity index (χ2v) is 7.60. The van der Waals surface area contributed by atoms with Gasteiger partial charge in [0.1, 0.15) is 42.9 Å². The summed E-state index contributed by atoms with van der Waals surface area (Å²) in [4.78, 5) is 0. The third-order valence-electron chi connectivity index (χ3n) is 5.37. The minimum absolute atomic E-state index is 0.0278. The van der Waals surface area contributed by atoms with Crippen molar-refractivity contribution in [2.45, 2.75) is 43.3 Å². The Morgan fingerprint density at radius 2 is 1.88 bits per heavy atom. The molecule has 184 valence electrons. The molecule has 1 aliphatic rings. The number of hydrogen-bond acceptors (Lipinski definition) is 8. The average molecular weight is 490 g/mol. The monoisotopic (exact) mass is 490 g/mol. The van der Waals surface area contributed by atoms with Gasteiger partial charge in [-0.05, 0) is 12.1 Å². The Balaban J connectivity index is 1.70. The van der Waals surface area contributed by atoms with Crippen molar-refractivity contribution in [3.63, 3.8) is 0 Å². The number of aliphatic hydroxyl groups is 2. The summed E-state index contributed by atoms with van der Waals surface area (Å²) in [5.74, 6) is -4.54. The third-order valence-corrected chi connectivity index (χ3v) is 5.37. The number of benzene rings is 1. The molecule has 0 saturated carbocycles. The first-order chi connectivity index (χ1) is 16.3. The van der Waals surface area contributed by atoms with Crippen molar-refractivity contribution in [3.8, 4) is 11.3 Å². The minimum atomic E-state index is -2.84. The maximum atomic E-state index is 13.7. The lowest BCUT2D eigenvalue weighted by molar-refractivity contribution is -0.224. The molecule has 4 rings (SSSR count). The Kier molecular flexibility index (Phi) is 7.21. The number of aliphatic hydroxyl groups excluding tert-OH is 2. The van der Waals surface area contributed by atoms with Crippen molar-refractivity contribution >= 4 is 0 Å². The van der Waals surface area contributed by atoms with Gasteiger partial charge in [-0.1, -0.05) is 10.4 Å². The second kappa shape index (κ2) is 10.1. The second-order valence-electron chi connectivity index (χ2n) is 7.60. The predicted molar refractivity (Wildman–Crippen MR) is 102 cm³/mol. The molecule has 2 aromatic heterocycles. The van der Waals surface area contributed by atoms with Gasteiger partial charge >= 0.3 is 0 Å². The lowest BCUT2D eigenvalue weighted by Gasteiger charge is -2.44. The molecule has 0 spiro atoms. The van der Waals surface area contributed by atoms with Crippen LogP contribution in [-0.4, -0.2) is 74.4 Å². The van der Waals surface area contributed by atoms with Gasteiger partial charge in [0.2, 0.25) is 0 Å². The Morgan fingerprint density at radius 3 is 2.50 bits per heavy atom. The Bertz CT molecular complexity index is 1080. The predicted octanol–water partition coefficient (Wildman–Crippen LogP) is 1.91. The van der Waals surface area contributed by atoms with E-state index in [0.29, 0.717) is 17.8 Å². The van der Waals surface area contributed by atoms with Crippen molar-refractivity contribution in [2.75, 3.05) is 13.2 Å². The van der Waals surface area contributed by atoms with E-state index in [2.05, 4.69) is 15.5 Å². The fourth-order valence-corrected chi connectivity index (χ4v) is 3.84. The van der Waals surface area contributed by atoms with Crippen LogP contribution in [0.1, 0.15) is 11.7 Å². The zero-order chi connectivity index (χ0) is 24.4. The van der Waals surface area contributed by atoms with Crippen LogP contribution in [0.3, 0.4) is 0 Å². The molecule has 1 fully saturated rings. The van der Waals surface area contributed by atoms with E-state index >= 15 is 0 Å². The van der Waals surface area contributed by atoms with E-state index < -0.39 is 67.5 Å². The standard InChI is InChI=1S/C20H19F5N4O5/c21-11-3-9(4-12(22)17(11)25)13-6-29(28-26-13)18-19(31)15(7-30)34-14(5-10-1-2-33-27-10)20(18)32-8-16(23)24/h1-4,6,14-16,18-20,30-31H,5,7-8H2/t14-,15-,18+,19+,20+/m1/s1. The summed E-state index contributed by atoms with van der Waals surface area (Å²) in [6, 6.07) is 1.74. The molecule has 0 amide bonds. The highest BCUT2D eigenvalue weighted by Crippen LogP contribution is 2.34. The van der Waals surface area contributed by atoms with Crippen LogP contribution in [0, 0.1) is 17.5 Å². The molecule has 34 heavy (non-hydrogen) atoms. The molecule has 0 radical (unpaired) electrons. The number of hydrogen-bond donors (Lipinski definition) is 2. The molecule has 0 unspecified atom stereocenters. The third kappa shape index (κ3) is 4.94. The molecule has 9 nitrogen and oxygen atoms in total. The van der Waals surface area contributed by atoms with Gasteiger partial charge in [-0.2, -0.15) is 0 Å². The first-order valence-corrected chi connectivity index (χ1v) is 10.1. The van der Waals surface area contributed by atoms with Crippen molar-refractivity contribution < 1.29 is 46.2 Å². The van der Waals surface area contributed by atoms with E-state index in [4.69, 9.17) is 14.0 Å². The van der Waals surface area contributed by atoms with Gasteiger partial charge in [0, 0.05) is 18.1 Å². The van der Waals surface area contributed by atoms with Gasteiger partial charge in [-0.3, -0.25) is 0 Å². The number of rotatable bonds is 8. The molecular weight excluding hydrogens is 471 g/mol. The average Bonchev–Trinajstić information content (AvgIpc) is 3.49. The summed E-state index contributed by atoms with van der Waals surface area (Å²) >= 11 is 0. The van der Waals surface area contributed by atoms with Crippen molar-refractivity contribution in [1.29, 1.82) is 0 Å². The van der Waals surface area contributed by atoms with E-state index in [1.54, 1.807) is 0 Å². The van der Waals surface area contributed by atoms with Gasteiger partial charge in [0.15, 0.2) is 17.5 Å². The number of aromatic nitrogens is 4. The topological polar surface area (TPSA) is 116 Å². The Morgan fingerprint density at radius 1 is 1.15 bits per heavy atom.